The molecular formula is C11H12F3NO. The van der Waals surface area contributed by atoms with E-state index in [4.69, 9.17) is 10.5 Å². The maximum atomic E-state index is 12.3. The predicted octanol–water partition coefficient (Wildman–Crippen LogP) is 2.28. The summed E-state index contributed by atoms with van der Waals surface area (Å²) in [6.07, 6.45) is -3.66. The number of alkyl halides is 3. The molecule has 1 heterocycles. The van der Waals surface area contributed by atoms with Crippen LogP contribution < -0.4 is 5.73 Å². The van der Waals surface area contributed by atoms with Gasteiger partial charge in [0.25, 0.3) is 0 Å². The monoisotopic (exact) mass is 231 g/mol. The van der Waals surface area contributed by atoms with Gasteiger partial charge in [0, 0.05) is 6.61 Å². The van der Waals surface area contributed by atoms with Gasteiger partial charge in [0.15, 0.2) is 0 Å². The molecule has 1 aliphatic heterocycles. The minimum absolute atomic E-state index is 0.359. The van der Waals surface area contributed by atoms with Crippen molar-refractivity contribution in [2.45, 2.75) is 18.1 Å². The predicted molar refractivity (Wildman–Crippen MR) is 52.7 cm³/mol. The third kappa shape index (κ3) is 2.05. The first-order chi connectivity index (χ1) is 7.42. The van der Waals surface area contributed by atoms with E-state index >= 15 is 0 Å². The van der Waals surface area contributed by atoms with E-state index in [0.29, 0.717) is 25.2 Å². The Morgan fingerprint density at radius 1 is 1.19 bits per heavy atom. The highest BCUT2D eigenvalue weighted by Crippen LogP contribution is 2.32. The average molecular weight is 231 g/mol. The van der Waals surface area contributed by atoms with Crippen LogP contribution in [0.3, 0.4) is 0 Å². The number of hydrogen-bond acceptors (Lipinski definition) is 2. The molecule has 1 atom stereocenters. The van der Waals surface area contributed by atoms with Gasteiger partial charge in [-0.1, -0.05) is 12.1 Å². The van der Waals surface area contributed by atoms with Gasteiger partial charge in [-0.2, -0.15) is 13.2 Å². The fourth-order valence-electron chi connectivity index (χ4n) is 1.80. The Morgan fingerprint density at radius 3 is 2.25 bits per heavy atom. The Bertz CT molecular complexity index is 366. The zero-order valence-electron chi connectivity index (χ0n) is 8.55. The summed E-state index contributed by atoms with van der Waals surface area (Å²) in [6, 6.07) is 4.97. The second kappa shape index (κ2) is 3.75. The van der Waals surface area contributed by atoms with Crippen LogP contribution in [0, 0.1) is 0 Å². The molecule has 1 aromatic rings. The Hall–Kier alpha value is -1.07. The summed E-state index contributed by atoms with van der Waals surface area (Å²) >= 11 is 0. The van der Waals surface area contributed by atoms with Crippen molar-refractivity contribution in [2.24, 2.45) is 5.73 Å². The molecule has 0 bridgehead atoms. The molecule has 0 saturated carbocycles. The number of ether oxygens (including phenoxy) is 1. The number of nitrogens with two attached hydrogens (primary N) is 1. The fourth-order valence-corrected chi connectivity index (χ4v) is 1.80. The van der Waals surface area contributed by atoms with Crippen molar-refractivity contribution in [3.8, 4) is 0 Å². The van der Waals surface area contributed by atoms with Crippen LogP contribution in [0.2, 0.25) is 0 Å². The summed E-state index contributed by atoms with van der Waals surface area (Å²) in [6.45, 7) is 0.913. The Kier molecular flexibility index (Phi) is 2.67. The maximum absolute atomic E-state index is 12.3. The van der Waals surface area contributed by atoms with Crippen molar-refractivity contribution in [3.63, 3.8) is 0 Å². The van der Waals surface area contributed by atoms with Crippen molar-refractivity contribution in [3.05, 3.63) is 35.4 Å². The quantitative estimate of drug-likeness (QED) is 0.804. The minimum Gasteiger partial charge on any atom is -0.379 e. The van der Waals surface area contributed by atoms with Crippen molar-refractivity contribution in [2.75, 3.05) is 13.2 Å². The van der Waals surface area contributed by atoms with Gasteiger partial charge < -0.3 is 10.5 Å². The van der Waals surface area contributed by atoms with E-state index in [1.165, 1.54) is 12.1 Å². The topological polar surface area (TPSA) is 35.2 Å². The van der Waals surface area contributed by atoms with Crippen LogP contribution in [0.15, 0.2) is 24.3 Å². The molecule has 1 aromatic carbocycles. The van der Waals surface area contributed by atoms with Crippen LogP contribution in [0.25, 0.3) is 0 Å². The van der Waals surface area contributed by atoms with Crippen LogP contribution in [0.5, 0.6) is 0 Å². The normalized spacial score (nSPS) is 26.0. The highest BCUT2D eigenvalue weighted by molar-refractivity contribution is 5.30. The summed E-state index contributed by atoms with van der Waals surface area (Å²) in [5.74, 6) is 0. The molecule has 16 heavy (non-hydrogen) atoms. The van der Waals surface area contributed by atoms with E-state index < -0.39 is 17.3 Å². The first kappa shape index (κ1) is 11.4. The zero-order chi connectivity index (χ0) is 11.8. The molecule has 88 valence electrons. The molecule has 0 amide bonds. The summed E-state index contributed by atoms with van der Waals surface area (Å²) in [5.41, 5.74) is 5.44. The summed E-state index contributed by atoms with van der Waals surface area (Å²) < 4.78 is 42.2. The SMILES string of the molecule is NC1(c2ccc(C(F)(F)F)cc2)CCOC1. The Balaban J connectivity index is 2.26. The van der Waals surface area contributed by atoms with Gasteiger partial charge in [0.1, 0.15) is 0 Å². The van der Waals surface area contributed by atoms with Crippen LogP contribution in [-0.4, -0.2) is 13.2 Å². The van der Waals surface area contributed by atoms with Crippen molar-refractivity contribution in [1.82, 2.24) is 0 Å². The molecule has 1 saturated heterocycles. The van der Waals surface area contributed by atoms with E-state index in [1.807, 2.05) is 0 Å². The van der Waals surface area contributed by atoms with Crippen LogP contribution in [0.4, 0.5) is 13.2 Å². The molecule has 2 N–H and O–H groups in total. The molecule has 2 rings (SSSR count). The lowest BCUT2D eigenvalue weighted by molar-refractivity contribution is -0.137. The van der Waals surface area contributed by atoms with Gasteiger partial charge in [-0.05, 0) is 24.1 Å². The van der Waals surface area contributed by atoms with Gasteiger partial charge >= 0.3 is 6.18 Å². The average Bonchev–Trinajstić information content (AvgIpc) is 2.66. The maximum Gasteiger partial charge on any atom is 0.416 e. The summed E-state index contributed by atoms with van der Waals surface area (Å²) in [5, 5.41) is 0. The lowest BCUT2D eigenvalue weighted by atomic mass is 9.90. The molecule has 1 unspecified atom stereocenters. The van der Waals surface area contributed by atoms with Crippen LogP contribution in [-0.2, 0) is 16.5 Å². The third-order valence-electron chi connectivity index (χ3n) is 2.84. The molecule has 1 aliphatic rings. The van der Waals surface area contributed by atoms with Crippen LogP contribution >= 0.6 is 0 Å². The van der Waals surface area contributed by atoms with Gasteiger partial charge in [-0.25, -0.2) is 0 Å². The number of rotatable bonds is 1. The number of hydrogen-bond donors (Lipinski definition) is 1. The molecule has 0 radical (unpaired) electrons. The molecule has 5 heteroatoms. The smallest absolute Gasteiger partial charge is 0.379 e. The molecule has 0 aliphatic carbocycles. The van der Waals surface area contributed by atoms with E-state index in [-0.39, 0.29) is 0 Å². The second-order valence-corrected chi connectivity index (χ2v) is 4.03. The third-order valence-corrected chi connectivity index (χ3v) is 2.84. The molecule has 0 spiro atoms. The largest absolute Gasteiger partial charge is 0.416 e. The van der Waals surface area contributed by atoms with Crippen molar-refractivity contribution >= 4 is 0 Å². The van der Waals surface area contributed by atoms with Gasteiger partial charge in [-0.3, -0.25) is 0 Å². The van der Waals surface area contributed by atoms with Gasteiger partial charge in [0.2, 0.25) is 0 Å². The zero-order valence-corrected chi connectivity index (χ0v) is 8.55. The molecule has 2 nitrogen and oxygen atoms in total. The van der Waals surface area contributed by atoms with Crippen molar-refractivity contribution in [1.29, 1.82) is 0 Å². The van der Waals surface area contributed by atoms with Gasteiger partial charge in [-0.15, -0.1) is 0 Å². The summed E-state index contributed by atoms with van der Waals surface area (Å²) in [7, 11) is 0. The number of halogens is 3. The highest BCUT2D eigenvalue weighted by atomic mass is 19.4. The molecule has 0 aromatic heterocycles. The first-order valence-electron chi connectivity index (χ1n) is 4.96. The lowest BCUT2D eigenvalue weighted by Gasteiger charge is -2.22. The Labute approximate surface area is 91.2 Å². The van der Waals surface area contributed by atoms with E-state index in [0.717, 1.165) is 12.1 Å². The Morgan fingerprint density at radius 2 is 1.81 bits per heavy atom. The highest BCUT2D eigenvalue weighted by Gasteiger charge is 2.34. The van der Waals surface area contributed by atoms with E-state index in [2.05, 4.69) is 0 Å². The number of benzene rings is 1. The van der Waals surface area contributed by atoms with Gasteiger partial charge in [0.05, 0.1) is 17.7 Å². The standard InChI is InChI=1S/C11H12F3NO/c12-11(13,14)9-3-1-8(2-4-9)10(15)5-6-16-7-10/h1-4H,5-7,15H2. The summed E-state index contributed by atoms with van der Waals surface area (Å²) in [4.78, 5) is 0. The van der Waals surface area contributed by atoms with E-state index in [1.54, 1.807) is 0 Å². The van der Waals surface area contributed by atoms with Crippen molar-refractivity contribution < 1.29 is 17.9 Å². The second-order valence-electron chi connectivity index (χ2n) is 4.03. The van der Waals surface area contributed by atoms with E-state index in [9.17, 15) is 13.2 Å². The molecular weight excluding hydrogens is 219 g/mol. The fraction of sp³-hybridized carbons (Fsp3) is 0.455. The minimum atomic E-state index is -4.30. The lowest BCUT2D eigenvalue weighted by Crippen LogP contribution is -2.36. The first-order valence-corrected chi connectivity index (χ1v) is 4.96. The van der Waals surface area contributed by atoms with Crippen LogP contribution in [0.1, 0.15) is 17.5 Å². The molecule has 1 fully saturated rings.